The fourth-order valence-corrected chi connectivity index (χ4v) is 3.20. The third kappa shape index (κ3) is 4.11. The zero-order chi connectivity index (χ0) is 20.2. The van der Waals surface area contributed by atoms with E-state index in [9.17, 15) is 9.18 Å². The number of hydrogen-bond donors (Lipinski definition) is 1. The minimum atomic E-state index is -0.297. The average Bonchev–Trinajstić information content (AvgIpc) is 3.12. The van der Waals surface area contributed by atoms with Crippen molar-refractivity contribution in [2.75, 3.05) is 7.11 Å². The van der Waals surface area contributed by atoms with Crippen LogP contribution in [0.2, 0.25) is 0 Å². The first-order valence-corrected chi connectivity index (χ1v) is 9.25. The van der Waals surface area contributed by atoms with Gasteiger partial charge in [-0.25, -0.2) is 9.37 Å². The Morgan fingerprint density at radius 1 is 1.03 bits per heavy atom. The summed E-state index contributed by atoms with van der Waals surface area (Å²) in [4.78, 5) is 17.3. The number of halogens is 1. The van der Waals surface area contributed by atoms with Crippen molar-refractivity contribution in [3.8, 4) is 17.1 Å². The number of carbonyl (C=O) groups excluding carboxylic acids is 1. The molecule has 146 valence electrons. The number of aromatic nitrogens is 2. The molecule has 0 bridgehead atoms. The zero-order valence-electron chi connectivity index (χ0n) is 15.9. The summed E-state index contributed by atoms with van der Waals surface area (Å²) in [6, 6.07) is 21.4. The van der Waals surface area contributed by atoms with Gasteiger partial charge in [0.15, 0.2) is 0 Å². The van der Waals surface area contributed by atoms with Gasteiger partial charge in [0.1, 0.15) is 23.9 Å². The second kappa shape index (κ2) is 8.14. The van der Waals surface area contributed by atoms with Gasteiger partial charge in [0.05, 0.1) is 18.1 Å². The van der Waals surface area contributed by atoms with Gasteiger partial charge >= 0.3 is 0 Å². The van der Waals surface area contributed by atoms with Crippen molar-refractivity contribution in [3.63, 3.8) is 0 Å². The largest absolute Gasteiger partial charge is 0.497 e. The van der Waals surface area contributed by atoms with E-state index in [1.165, 1.54) is 12.1 Å². The van der Waals surface area contributed by atoms with Gasteiger partial charge in [-0.2, -0.15) is 0 Å². The molecule has 0 saturated heterocycles. The summed E-state index contributed by atoms with van der Waals surface area (Å²) < 4.78 is 20.2. The third-order valence-corrected chi connectivity index (χ3v) is 4.71. The number of nitrogens with zero attached hydrogens (tertiary/aromatic N) is 2. The van der Waals surface area contributed by atoms with Crippen LogP contribution in [0.5, 0.6) is 5.75 Å². The van der Waals surface area contributed by atoms with Crippen LogP contribution in [0.4, 0.5) is 4.39 Å². The van der Waals surface area contributed by atoms with Crippen LogP contribution in [0.25, 0.3) is 22.4 Å². The van der Waals surface area contributed by atoms with Crippen molar-refractivity contribution in [2.24, 2.45) is 0 Å². The molecule has 0 fully saturated rings. The second-order valence-corrected chi connectivity index (χ2v) is 6.64. The smallest absolute Gasteiger partial charge is 0.240 e. The Bertz CT molecular complexity index is 1140. The van der Waals surface area contributed by atoms with Gasteiger partial charge in [-0.15, -0.1) is 0 Å². The second-order valence-electron chi connectivity index (χ2n) is 6.64. The number of fused-ring (bicyclic) bond motifs is 1. The van der Waals surface area contributed by atoms with E-state index in [-0.39, 0.29) is 18.3 Å². The Labute approximate surface area is 167 Å². The summed E-state index contributed by atoms with van der Waals surface area (Å²) >= 11 is 0. The number of para-hydroxylation sites is 2. The molecule has 1 N–H and O–H groups in total. The van der Waals surface area contributed by atoms with Crippen molar-refractivity contribution in [1.29, 1.82) is 0 Å². The van der Waals surface area contributed by atoms with E-state index in [0.717, 1.165) is 27.9 Å². The van der Waals surface area contributed by atoms with E-state index in [0.29, 0.717) is 12.4 Å². The third-order valence-electron chi connectivity index (χ3n) is 4.71. The number of methoxy groups -OCH3 is 1. The average molecular weight is 389 g/mol. The van der Waals surface area contributed by atoms with Gasteiger partial charge in [-0.05, 0) is 54.1 Å². The Kier molecular flexibility index (Phi) is 5.24. The lowest BCUT2D eigenvalue weighted by molar-refractivity contribution is -0.121. The summed E-state index contributed by atoms with van der Waals surface area (Å²) in [5.74, 6) is 1.03. The summed E-state index contributed by atoms with van der Waals surface area (Å²) in [5, 5.41) is 2.89. The van der Waals surface area contributed by atoms with Gasteiger partial charge in [0.2, 0.25) is 5.91 Å². The van der Waals surface area contributed by atoms with E-state index in [1.54, 1.807) is 19.2 Å². The van der Waals surface area contributed by atoms with Crippen LogP contribution in [-0.2, 0) is 17.9 Å². The first kappa shape index (κ1) is 18.7. The number of amides is 1. The van der Waals surface area contributed by atoms with Gasteiger partial charge in [-0.3, -0.25) is 4.79 Å². The van der Waals surface area contributed by atoms with E-state index in [1.807, 2.05) is 53.1 Å². The van der Waals surface area contributed by atoms with Crippen molar-refractivity contribution >= 4 is 16.9 Å². The Balaban J connectivity index is 1.59. The van der Waals surface area contributed by atoms with Crippen molar-refractivity contribution in [1.82, 2.24) is 14.9 Å². The minimum absolute atomic E-state index is 0.128. The molecule has 0 radical (unpaired) electrons. The standard InChI is InChI=1S/C23H20FN3O2/c1-29-19-12-8-17(9-13-19)23-26-20-4-2-3-5-21(20)27(23)15-22(28)25-14-16-6-10-18(24)11-7-16/h2-13H,14-15H2,1H3,(H,25,28). The molecule has 1 aromatic heterocycles. The van der Waals surface area contributed by atoms with E-state index < -0.39 is 0 Å². The van der Waals surface area contributed by atoms with Gasteiger partial charge in [0, 0.05) is 12.1 Å². The van der Waals surface area contributed by atoms with Crippen molar-refractivity contribution in [2.45, 2.75) is 13.1 Å². The molecule has 0 aliphatic rings. The van der Waals surface area contributed by atoms with Crippen LogP contribution in [0, 0.1) is 5.82 Å². The molecule has 6 heteroatoms. The van der Waals surface area contributed by atoms with Gasteiger partial charge in [-0.1, -0.05) is 24.3 Å². The molecule has 0 atom stereocenters. The summed E-state index contributed by atoms with van der Waals surface area (Å²) in [5.41, 5.74) is 3.44. The van der Waals surface area contributed by atoms with Crippen LogP contribution < -0.4 is 10.1 Å². The molecule has 29 heavy (non-hydrogen) atoms. The number of nitrogens with one attached hydrogen (secondary N) is 1. The van der Waals surface area contributed by atoms with Crippen LogP contribution >= 0.6 is 0 Å². The first-order chi connectivity index (χ1) is 14.1. The molecular weight excluding hydrogens is 369 g/mol. The first-order valence-electron chi connectivity index (χ1n) is 9.25. The molecule has 4 aromatic rings. The van der Waals surface area contributed by atoms with E-state index in [2.05, 4.69) is 5.32 Å². The number of hydrogen-bond acceptors (Lipinski definition) is 3. The lowest BCUT2D eigenvalue weighted by Crippen LogP contribution is -2.27. The number of carbonyl (C=O) groups is 1. The zero-order valence-corrected chi connectivity index (χ0v) is 15.9. The topological polar surface area (TPSA) is 56.2 Å². The molecule has 0 unspecified atom stereocenters. The summed E-state index contributed by atoms with van der Waals surface area (Å²) in [7, 11) is 1.62. The maximum atomic E-state index is 13.0. The highest BCUT2D eigenvalue weighted by Crippen LogP contribution is 2.26. The molecular formula is C23H20FN3O2. The lowest BCUT2D eigenvalue weighted by Gasteiger charge is -2.11. The molecule has 0 aliphatic carbocycles. The van der Waals surface area contributed by atoms with Crippen molar-refractivity contribution < 1.29 is 13.9 Å². The van der Waals surface area contributed by atoms with E-state index in [4.69, 9.17) is 9.72 Å². The monoisotopic (exact) mass is 389 g/mol. The highest BCUT2D eigenvalue weighted by atomic mass is 19.1. The quantitative estimate of drug-likeness (QED) is 0.539. The molecule has 0 spiro atoms. The minimum Gasteiger partial charge on any atom is -0.497 e. The Morgan fingerprint density at radius 2 is 1.76 bits per heavy atom. The highest BCUT2D eigenvalue weighted by Gasteiger charge is 2.15. The van der Waals surface area contributed by atoms with Gasteiger partial charge < -0.3 is 14.6 Å². The highest BCUT2D eigenvalue weighted by molar-refractivity contribution is 5.84. The predicted molar refractivity (Wildman–Crippen MR) is 110 cm³/mol. The molecule has 4 rings (SSSR count). The molecule has 3 aromatic carbocycles. The van der Waals surface area contributed by atoms with Crippen LogP contribution in [0.15, 0.2) is 72.8 Å². The number of imidazole rings is 1. The summed E-state index contributed by atoms with van der Waals surface area (Å²) in [6.45, 7) is 0.465. The number of ether oxygens (including phenoxy) is 1. The van der Waals surface area contributed by atoms with Crippen LogP contribution in [0.3, 0.4) is 0 Å². The molecule has 1 heterocycles. The Hall–Kier alpha value is -3.67. The predicted octanol–water partition coefficient (Wildman–Crippen LogP) is 4.17. The molecule has 1 amide bonds. The maximum Gasteiger partial charge on any atom is 0.240 e. The maximum absolute atomic E-state index is 13.0. The SMILES string of the molecule is COc1ccc(-c2nc3ccccc3n2CC(=O)NCc2ccc(F)cc2)cc1. The van der Waals surface area contributed by atoms with Gasteiger partial charge in [0.25, 0.3) is 0 Å². The normalized spacial score (nSPS) is 10.8. The van der Waals surface area contributed by atoms with E-state index >= 15 is 0 Å². The van der Waals surface area contributed by atoms with Crippen LogP contribution in [0.1, 0.15) is 5.56 Å². The number of benzene rings is 3. The summed E-state index contributed by atoms with van der Waals surface area (Å²) in [6.07, 6.45) is 0. The Morgan fingerprint density at radius 3 is 2.48 bits per heavy atom. The number of rotatable bonds is 6. The molecule has 0 saturated carbocycles. The molecule has 5 nitrogen and oxygen atoms in total. The fourth-order valence-electron chi connectivity index (χ4n) is 3.20. The fraction of sp³-hybridized carbons (Fsp3) is 0.130. The van der Waals surface area contributed by atoms with Crippen LogP contribution in [-0.4, -0.2) is 22.6 Å². The lowest BCUT2D eigenvalue weighted by atomic mass is 10.2. The van der Waals surface area contributed by atoms with Crippen molar-refractivity contribution in [3.05, 3.63) is 84.2 Å². The molecule has 0 aliphatic heterocycles.